The van der Waals surface area contributed by atoms with E-state index >= 15 is 0 Å². The molecule has 0 amide bonds. The molecule has 1 unspecified atom stereocenters. The highest BCUT2D eigenvalue weighted by atomic mass is 16.5. The van der Waals surface area contributed by atoms with E-state index < -0.39 is 0 Å². The Bertz CT molecular complexity index is 1400. The van der Waals surface area contributed by atoms with Crippen LogP contribution in [0.5, 0.6) is 17.2 Å². The molecule has 0 spiro atoms. The Morgan fingerprint density at radius 1 is 0.769 bits per heavy atom. The van der Waals surface area contributed by atoms with Crippen LogP contribution in [0.3, 0.4) is 0 Å². The van der Waals surface area contributed by atoms with Crippen molar-refractivity contribution >= 4 is 11.7 Å². The lowest BCUT2D eigenvalue weighted by atomic mass is 9.94. The minimum Gasteiger partial charge on any atom is -0.493 e. The van der Waals surface area contributed by atoms with E-state index in [0.717, 1.165) is 11.1 Å². The van der Waals surface area contributed by atoms with Crippen LogP contribution in [0.4, 0.5) is 0 Å². The Hall–Kier alpha value is -4.58. The molecule has 0 fully saturated rings. The average Bonchev–Trinajstić information content (AvgIpc) is 2.99. The summed E-state index contributed by atoms with van der Waals surface area (Å²) in [6, 6.07) is 30.2. The topological polar surface area (TPSA) is 66.3 Å². The number of hydrogen-bond acceptors (Lipinski definition) is 6. The van der Waals surface area contributed by atoms with Crippen molar-refractivity contribution in [3.8, 4) is 17.2 Å². The van der Waals surface area contributed by atoms with Gasteiger partial charge < -0.3 is 18.9 Å². The summed E-state index contributed by atoms with van der Waals surface area (Å²) in [5, 5.41) is 0. The maximum atomic E-state index is 13.8. The quantitative estimate of drug-likeness (QED) is 0.118. The molecule has 0 saturated heterocycles. The van der Waals surface area contributed by atoms with Crippen LogP contribution in [0, 0.1) is 0 Å². The summed E-state index contributed by atoms with van der Waals surface area (Å²) in [6.07, 6.45) is 0. The second-order valence-electron chi connectivity index (χ2n) is 9.02. The number of carbonyl (C=O) groups excluding carboxylic acids is 1. The maximum absolute atomic E-state index is 13.8. The fraction of sp³-hybridized carbons (Fsp3) is 0.212. The molecular formula is C33H33NO5. The summed E-state index contributed by atoms with van der Waals surface area (Å²) in [4.78, 5) is 18.4. The number of nitrogens with zero attached hydrogens (tertiary/aromatic N) is 1. The van der Waals surface area contributed by atoms with Gasteiger partial charge in [0.05, 0.1) is 20.3 Å². The van der Waals surface area contributed by atoms with E-state index in [9.17, 15) is 4.79 Å². The van der Waals surface area contributed by atoms with Gasteiger partial charge in [-0.15, -0.1) is 0 Å². The van der Waals surface area contributed by atoms with Crippen LogP contribution in [-0.4, -0.2) is 25.9 Å². The first-order chi connectivity index (χ1) is 19.0. The van der Waals surface area contributed by atoms with E-state index in [1.807, 2.05) is 85.8 Å². The highest BCUT2D eigenvalue weighted by molar-refractivity contribution is 6.10. The zero-order chi connectivity index (χ0) is 27.6. The third-order valence-corrected chi connectivity index (χ3v) is 6.30. The van der Waals surface area contributed by atoms with Crippen molar-refractivity contribution in [3.63, 3.8) is 0 Å². The van der Waals surface area contributed by atoms with Crippen molar-refractivity contribution in [1.29, 1.82) is 0 Å². The summed E-state index contributed by atoms with van der Waals surface area (Å²) in [5.74, 6) is 2.06. The molecule has 6 nitrogen and oxygen atoms in total. The average molecular weight is 524 g/mol. The molecule has 200 valence electrons. The Labute approximate surface area is 229 Å². The van der Waals surface area contributed by atoms with Gasteiger partial charge in [-0.3, -0.25) is 4.79 Å². The molecule has 6 heteroatoms. The number of methoxy groups -OCH3 is 2. The van der Waals surface area contributed by atoms with Crippen molar-refractivity contribution in [1.82, 2.24) is 0 Å². The first-order valence-electron chi connectivity index (χ1n) is 12.8. The first-order valence-corrected chi connectivity index (χ1v) is 12.8. The number of carbonyl (C=O) groups is 1. The van der Waals surface area contributed by atoms with E-state index in [-0.39, 0.29) is 11.8 Å². The lowest BCUT2D eigenvalue weighted by molar-refractivity contribution is 0.103. The number of ketones is 1. The Kier molecular flexibility index (Phi) is 9.35. The third kappa shape index (κ3) is 7.26. The normalized spacial score (nSPS) is 11.9. The summed E-state index contributed by atoms with van der Waals surface area (Å²) in [5.41, 5.74) is 3.81. The molecule has 4 rings (SSSR count). The predicted molar refractivity (Wildman–Crippen MR) is 153 cm³/mol. The van der Waals surface area contributed by atoms with Crippen LogP contribution in [0.25, 0.3) is 0 Å². The monoisotopic (exact) mass is 523 g/mol. The zero-order valence-electron chi connectivity index (χ0n) is 22.7. The summed E-state index contributed by atoms with van der Waals surface area (Å²) in [6.45, 7) is 4.49. The van der Waals surface area contributed by atoms with Gasteiger partial charge in [-0.25, -0.2) is 4.99 Å². The fourth-order valence-electron chi connectivity index (χ4n) is 4.12. The molecule has 0 N–H and O–H groups in total. The van der Waals surface area contributed by atoms with Gasteiger partial charge >= 0.3 is 0 Å². The van der Waals surface area contributed by atoms with Gasteiger partial charge in [0.15, 0.2) is 23.2 Å². The molecule has 0 heterocycles. The van der Waals surface area contributed by atoms with Gasteiger partial charge in [-0.05, 0) is 60.0 Å². The molecule has 0 saturated carbocycles. The second-order valence-corrected chi connectivity index (χ2v) is 9.02. The van der Waals surface area contributed by atoms with E-state index in [1.165, 1.54) is 0 Å². The number of ether oxygens (including phenoxy) is 4. The largest absolute Gasteiger partial charge is 0.493 e. The number of benzene rings is 4. The van der Waals surface area contributed by atoms with Crippen LogP contribution in [0.1, 0.15) is 52.5 Å². The molecule has 39 heavy (non-hydrogen) atoms. The number of hydrogen-bond donors (Lipinski definition) is 0. The molecule has 0 aliphatic rings. The molecule has 0 aromatic heterocycles. The van der Waals surface area contributed by atoms with Gasteiger partial charge in [0.25, 0.3) is 0 Å². The summed E-state index contributed by atoms with van der Waals surface area (Å²) >= 11 is 0. The smallest absolute Gasteiger partial charge is 0.193 e. The molecule has 0 aliphatic carbocycles. The number of rotatable bonds is 11. The third-order valence-electron chi connectivity index (χ3n) is 6.30. The summed E-state index contributed by atoms with van der Waals surface area (Å²) < 4.78 is 22.9. The van der Waals surface area contributed by atoms with E-state index in [1.54, 1.807) is 39.3 Å². The Morgan fingerprint density at radius 2 is 1.36 bits per heavy atom. The van der Waals surface area contributed by atoms with Crippen LogP contribution in [0.15, 0.2) is 102 Å². The lowest BCUT2D eigenvalue weighted by Crippen LogP contribution is -2.10. The van der Waals surface area contributed by atoms with Crippen molar-refractivity contribution < 1.29 is 23.7 Å². The molecule has 4 aromatic carbocycles. The molecular weight excluding hydrogens is 490 g/mol. The molecule has 0 radical (unpaired) electrons. The van der Waals surface area contributed by atoms with Crippen LogP contribution in [-0.2, 0) is 18.0 Å². The van der Waals surface area contributed by atoms with Crippen molar-refractivity contribution in [3.05, 3.63) is 125 Å². The van der Waals surface area contributed by atoms with E-state index in [2.05, 4.69) is 4.99 Å². The van der Waals surface area contributed by atoms with Crippen LogP contribution >= 0.6 is 0 Å². The number of aliphatic imine (C=N–C) groups is 1. The Balaban J connectivity index is 1.64. The van der Waals surface area contributed by atoms with E-state index in [0.29, 0.717) is 53.1 Å². The van der Waals surface area contributed by atoms with Gasteiger partial charge in [0.1, 0.15) is 19.0 Å². The molecule has 0 bridgehead atoms. The van der Waals surface area contributed by atoms with E-state index in [4.69, 9.17) is 18.9 Å². The van der Waals surface area contributed by atoms with Gasteiger partial charge in [0, 0.05) is 18.1 Å². The highest BCUT2D eigenvalue weighted by Crippen LogP contribution is 2.36. The van der Waals surface area contributed by atoms with Crippen molar-refractivity contribution in [2.24, 2.45) is 4.99 Å². The first kappa shape index (κ1) is 27.5. The fourth-order valence-corrected chi connectivity index (χ4v) is 4.12. The second kappa shape index (κ2) is 13.3. The minimum absolute atomic E-state index is 0.149. The standard InChI is InChI=1S/C33H33NO5/c1-23(34-24(2)36-3)29-19-31(37-4)32(39-22-26-13-9-6-10-14-26)20-30(29)33(35)27-15-17-28(18-16-27)38-21-25-11-7-5-8-12-25/h5-20,23H,21-22H2,1-4H3. The van der Waals surface area contributed by atoms with Crippen LogP contribution in [0.2, 0.25) is 0 Å². The SMILES string of the molecule is COC(C)=NC(C)c1cc(OC)c(OCc2ccccc2)cc1C(=O)c1ccc(OCc2ccccc2)cc1. The summed E-state index contributed by atoms with van der Waals surface area (Å²) in [7, 11) is 3.15. The minimum atomic E-state index is -0.352. The molecule has 1 atom stereocenters. The predicted octanol–water partition coefficient (Wildman–Crippen LogP) is 7.21. The van der Waals surface area contributed by atoms with Gasteiger partial charge in [0.2, 0.25) is 0 Å². The van der Waals surface area contributed by atoms with Crippen molar-refractivity contribution in [2.75, 3.05) is 14.2 Å². The van der Waals surface area contributed by atoms with Crippen molar-refractivity contribution in [2.45, 2.75) is 33.1 Å². The highest BCUT2D eigenvalue weighted by Gasteiger charge is 2.22. The van der Waals surface area contributed by atoms with Gasteiger partial charge in [-0.1, -0.05) is 60.7 Å². The van der Waals surface area contributed by atoms with Crippen LogP contribution < -0.4 is 14.2 Å². The Morgan fingerprint density at radius 3 is 1.92 bits per heavy atom. The molecule has 4 aromatic rings. The van der Waals surface area contributed by atoms with Gasteiger partial charge in [-0.2, -0.15) is 0 Å². The maximum Gasteiger partial charge on any atom is 0.193 e. The molecule has 0 aliphatic heterocycles. The lowest BCUT2D eigenvalue weighted by Gasteiger charge is -2.18. The zero-order valence-corrected chi connectivity index (χ0v) is 22.7.